The van der Waals surface area contributed by atoms with Crippen LogP contribution >= 0.6 is 0 Å². The van der Waals surface area contributed by atoms with Gasteiger partial charge in [0.1, 0.15) is 17.3 Å². The van der Waals surface area contributed by atoms with E-state index in [2.05, 4.69) is 5.10 Å². The molecule has 0 aliphatic carbocycles. The van der Waals surface area contributed by atoms with Crippen LogP contribution in [0, 0.1) is 11.6 Å². The first kappa shape index (κ1) is 11.6. The highest BCUT2D eigenvalue weighted by molar-refractivity contribution is 5.43. The van der Waals surface area contributed by atoms with E-state index in [1.165, 1.54) is 16.8 Å². The summed E-state index contributed by atoms with van der Waals surface area (Å²) in [7, 11) is 0. The average Bonchev–Trinajstić information content (AvgIpc) is 2.60. The van der Waals surface area contributed by atoms with Crippen molar-refractivity contribution in [1.29, 1.82) is 0 Å². The van der Waals surface area contributed by atoms with Crippen molar-refractivity contribution in [2.75, 3.05) is 5.73 Å². The number of rotatable bonds is 3. The lowest BCUT2D eigenvalue weighted by Gasteiger charge is -2.05. The minimum Gasteiger partial charge on any atom is -0.384 e. The fraction of sp³-hybridized carbons (Fsp3) is 0.250. The van der Waals surface area contributed by atoms with Crippen molar-refractivity contribution < 1.29 is 8.78 Å². The third kappa shape index (κ3) is 2.27. The Hall–Kier alpha value is -1.91. The smallest absolute Gasteiger partial charge is 0.151 e. The summed E-state index contributed by atoms with van der Waals surface area (Å²) in [6, 6.07) is 5.02. The molecule has 0 atom stereocenters. The highest BCUT2D eigenvalue weighted by Crippen LogP contribution is 2.19. The van der Waals surface area contributed by atoms with E-state index in [-0.39, 0.29) is 5.69 Å². The summed E-state index contributed by atoms with van der Waals surface area (Å²) >= 11 is 0. The molecule has 2 N–H and O–H groups in total. The van der Waals surface area contributed by atoms with E-state index in [4.69, 9.17) is 5.73 Å². The van der Waals surface area contributed by atoms with Crippen LogP contribution in [-0.4, -0.2) is 9.78 Å². The quantitative estimate of drug-likeness (QED) is 0.891. The van der Waals surface area contributed by atoms with Crippen molar-refractivity contribution in [1.82, 2.24) is 9.78 Å². The first-order valence-electron chi connectivity index (χ1n) is 5.41. The highest BCUT2D eigenvalue weighted by Gasteiger charge is 2.11. The molecule has 17 heavy (non-hydrogen) atoms. The number of aryl methyl sites for hydroxylation is 1. The Morgan fingerprint density at radius 3 is 2.71 bits per heavy atom. The van der Waals surface area contributed by atoms with Crippen LogP contribution in [-0.2, 0) is 6.42 Å². The number of nitrogens with zero attached hydrogens (tertiary/aromatic N) is 2. The predicted molar refractivity (Wildman–Crippen MR) is 61.9 cm³/mol. The molecule has 0 saturated carbocycles. The first-order valence-corrected chi connectivity index (χ1v) is 5.41. The highest BCUT2D eigenvalue weighted by atomic mass is 19.1. The van der Waals surface area contributed by atoms with Crippen molar-refractivity contribution >= 4 is 5.82 Å². The molecule has 1 aromatic heterocycles. The number of hydrogen-bond acceptors (Lipinski definition) is 2. The van der Waals surface area contributed by atoms with Crippen LogP contribution < -0.4 is 5.73 Å². The van der Waals surface area contributed by atoms with Crippen LogP contribution in [0.3, 0.4) is 0 Å². The molecule has 0 aliphatic rings. The molecule has 1 aromatic carbocycles. The second kappa shape index (κ2) is 4.53. The number of benzene rings is 1. The van der Waals surface area contributed by atoms with Crippen LogP contribution in [0.1, 0.15) is 19.0 Å². The molecular weight excluding hydrogens is 224 g/mol. The molecule has 0 radical (unpaired) electrons. The van der Waals surface area contributed by atoms with E-state index in [1.54, 1.807) is 6.07 Å². The number of nitrogens with two attached hydrogens (primary N) is 1. The molecule has 0 bridgehead atoms. The van der Waals surface area contributed by atoms with Gasteiger partial charge in [-0.15, -0.1) is 0 Å². The van der Waals surface area contributed by atoms with Crippen molar-refractivity contribution in [3.8, 4) is 5.69 Å². The molecule has 0 aliphatic heterocycles. The summed E-state index contributed by atoms with van der Waals surface area (Å²) in [5.74, 6) is -0.951. The van der Waals surface area contributed by atoms with Gasteiger partial charge in [0.05, 0.1) is 5.69 Å². The molecule has 1 heterocycles. The third-order valence-corrected chi connectivity index (χ3v) is 2.43. The Morgan fingerprint density at radius 1 is 1.29 bits per heavy atom. The van der Waals surface area contributed by atoms with Crippen LogP contribution in [0.25, 0.3) is 5.69 Å². The van der Waals surface area contributed by atoms with Crippen LogP contribution in [0.15, 0.2) is 24.3 Å². The molecule has 2 rings (SSSR count). The summed E-state index contributed by atoms with van der Waals surface area (Å²) in [4.78, 5) is 0. The topological polar surface area (TPSA) is 43.8 Å². The van der Waals surface area contributed by atoms with Gasteiger partial charge in [-0.25, -0.2) is 13.5 Å². The van der Waals surface area contributed by atoms with Gasteiger partial charge in [0.25, 0.3) is 0 Å². The van der Waals surface area contributed by atoms with Gasteiger partial charge in [0.2, 0.25) is 0 Å². The van der Waals surface area contributed by atoms with Gasteiger partial charge in [-0.2, -0.15) is 5.10 Å². The zero-order valence-corrected chi connectivity index (χ0v) is 9.45. The van der Waals surface area contributed by atoms with Gasteiger partial charge in [0.15, 0.2) is 5.82 Å². The Labute approximate surface area is 97.9 Å². The summed E-state index contributed by atoms with van der Waals surface area (Å²) in [5, 5.41) is 4.19. The minimum atomic E-state index is -0.678. The molecule has 0 fully saturated rings. The molecule has 0 spiro atoms. The average molecular weight is 237 g/mol. The maximum absolute atomic E-state index is 13.6. The fourth-order valence-electron chi connectivity index (χ4n) is 1.67. The Kier molecular flexibility index (Phi) is 3.08. The van der Waals surface area contributed by atoms with Gasteiger partial charge >= 0.3 is 0 Å². The molecule has 90 valence electrons. The van der Waals surface area contributed by atoms with E-state index >= 15 is 0 Å². The molecule has 0 saturated heterocycles. The molecular formula is C12H13F2N3. The number of anilines is 1. The van der Waals surface area contributed by atoms with Crippen LogP contribution in [0.2, 0.25) is 0 Å². The lowest BCUT2D eigenvalue weighted by molar-refractivity contribution is 0.573. The standard InChI is InChI=1S/C12H13F2N3/c1-2-3-9-7-12(15)17(16-9)11-5-4-8(13)6-10(11)14/h4-7H,2-3,15H2,1H3. The predicted octanol–water partition coefficient (Wildman–Crippen LogP) is 2.69. The summed E-state index contributed by atoms with van der Waals surface area (Å²) < 4.78 is 27.6. The molecule has 0 amide bonds. The first-order chi connectivity index (χ1) is 8.11. The minimum absolute atomic E-state index is 0.159. The van der Waals surface area contributed by atoms with Crippen molar-refractivity contribution in [3.05, 3.63) is 41.6 Å². The molecule has 0 unspecified atom stereocenters. The summed E-state index contributed by atoms with van der Waals surface area (Å²) in [5.41, 5.74) is 6.71. The number of nitrogen functional groups attached to an aromatic ring is 1. The Balaban J connectivity index is 2.45. The van der Waals surface area contributed by atoms with Crippen LogP contribution in [0.5, 0.6) is 0 Å². The van der Waals surface area contributed by atoms with E-state index < -0.39 is 11.6 Å². The largest absolute Gasteiger partial charge is 0.384 e. The van der Waals surface area contributed by atoms with E-state index in [0.29, 0.717) is 5.82 Å². The maximum atomic E-state index is 13.6. The SMILES string of the molecule is CCCc1cc(N)n(-c2ccc(F)cc2F)n1. The fourth-order valence-corrected chi connectivity index (χ4v) is 1.67. The number of hydrogen-bond donors (Lipinski definition) is 1. The lowest BCUT2D eigenvalue weighted by atomic mass is 10.2. The van der Waals surface area contributed by atoms with Crippen LogP contribution in [0.4, 0.5) is 14.6 Å². The Morgan fingerprint density at radius 2 is 2.06 bits per heavy atom. The van der Waals surface area contributed by atoms with E-state index in [9.17, 15) is 8.78 Å². The number of halogens is 2. The van der Waals surface area contributed by atoms with Crippen molar-refractivity contribution in [2.45, 2.75) is 19.8 Å². The maximum Gasteiger partial charge on any atom is 0.151 e. The van der Waals surface area contributed by atoms with Gasteiger partial charge in [-0.3, -0.25) is 0 Å². The lowest BCUT2D eigenvalue weighted by Crippen LogP contribution is -2.04. The van der Waals surface area contributed by atoms with Gasteiger partial charge in [-0.05, 0) is 18.6 Å². The third-order valence-electron chi connectivity index (χ3n) is 2.43. The molecule has 3 nitrogen and oxygen atoms in total. The van der Waals surface area contributed by atoms with E-state index in [0.717, 1.165) is 24.6 Å². The second-order valence-electron chi connectivity index (χ2n) is 3.82. The van der Waals surface area contributed by atoms with Gasteiger partial charge in [0, 0.05) is 12.1 Å². The molecule has 2 aromatic rings. The van der Waals surface area contributed by atoms with E-state index in [1.807, 2.05) is 6.92 Å². The summed E-state index contributed by atoms with van der Waals surface area (Å²) in [6.07, 6.45) is 1.71. The second-order valence-corrected chi connectivity index (χ2v) is 3.82. The van der Waals surface area contributed by atoms with Crippen molar-refractivity contribution in [3.63, 3.8) is 0 Å². The zero-order valence-electron chi connectivity index (χ0n) is 9.45. The van der Waals surface area contributed by atoms with Crippen molar-refractivity contribution in [2.24, 2.45) is 0 Å². The normalized spacial score (nSPS) is 10.8. The number of aromatic nitrogens is 2. The zero-order chi connectivity index (χ0) is 12.4. The monoisotopic (exact) mass is 237 g/mol. The van der Waals surface area contributed by atoms with Gasteiger partial charge in [-0.1, -0.05) is 13.3 Å². The molecule has 5 heteroatoms. The Bertz CT molecular complexity index is 535. The van der Waals surface area contributed by atoms with Gasteiger partial charge < -0.3 is 5.73 Å². The summed E-state index contributed by atoms with van der Waals surface area (Å²) in [6.45, 7) is 2.02.